The first-order valence-corrected chi connectivity index (χ1v) is 11.3. The Balaban J connectivity index is 2.35. The molecule has 9 heteroatoms. The summed E-state index contributed by atoms with van der Waals surface area (Å²) in [5, 5.41) is 22.2. The van der Waals surface area contributed by atoms with Gasteiger partial charge < -0.3 is 29.7 Å². The first-order valence-electron chi connectivity index (χ1n) is 10.5. The van der Waals surface area contributed by atoms with Crippen LogP contribution < -0.4 is 19.5 Å². The van der Waals surface area contributed by atoms with Crippen LogP contribution in [0.15, 0.2) is 52.6 Å². The molecule has 2 aromatic rings. The van der Waals surface area contributed by atoms with Crippen LogP contribution >= 0.6 is 15.9 Å². The maximum atomic E-state index is 13.2. The molecule has 3 N–H and O–H groups in total. The minimum Gasteiger partial charge on any atom is -0.497 e. The number of nitrogens with one attached hydrogen (secondary N) is 1. The normalized spacial score (nSPS) is 12.6. The Labute approximate surface area is 207 Å². The summed E-state index contributed by atoms with van der Waals surface area (Å²) >= 11 is 3.33. The molecule has 184 valence electrons. The van der Waals surface area contributed by atoms with E-state index in [1.165, 1.54) is 13.2 Å². The van der Waals surface area contributed by atoms with Crippen molar-refractivity contribution in [2.75, 3.05) is 20.8 Å². The summed E-state index contributed by atoms with van der Waals surface area (Å²) in [7, 11) is 3.05. The molecular weight excluding hydrogens is 506 g/mol. The lowest BCUT2D eigenvalue weighted by molar-refractivity contribution is -0.132. The number of aliphatic hydroxyl groups excluding tert-OH is 1. The van der Waals surface area contributed by atoms with E-state index in [2.05, 4.69) is 21.2 Å². The second-order valence-corrected chi connectivity index (χ2v) is 9.43. The van der Waals surface area contributed by atoms with Gasteiger partial charge in [-0.15, -0.1) is 0 Å². The molecule has 0 saturated heterocycles. The number of aliphatic hydroxyl groups is 1. The Hall–Kier alpha value is -3.04. The van der Waals surface area contributed by atoms with Gasteiger partial charge in [0.2, 0.25) is 5.78 Å². The van der Waals surface area contributed by atoms with Crippen molar-refractivity contribution in [1.82, 2.24) is 5.32 Å². The topological polar surface area (TPSA) is 114 Å². The molecule has 0 aromatic heterocycles. The van der Waals surface area contributed by atoms with E-state index in [0.29, 0.717) is 16.0 Å². The second kappa shape index (κ2) is 11.9. The SMILES string of the molecule is COc1ccc(COc2cc(C(=O)/C(=C\NC(CO)C(C)(C)C)C(=O)O)c(Br)cc2OC)cc1. The monoisotopic (exact) mass is 535 g/mol. The van der Waals surface area contributed by atoms with Gasteiger partial charge in [-0.2, -0.15) is 0 Å². The summed E-state index contributed by atoms with van der Waals surface area (Å²) in [6.07, 6.45) is 1.13. The number of benzene rings is 2. The van der Waals surface area contributed by atoms with Gasteiger partial charge >= 0.3 is 5.97 Å². The van der Waals surface area contributed by atoms with Crippen LogP contribution in [0.1, 0.15) is 36.7 Å². The average Bonchev–Trinajstić information content (AvgIpc) is 2.79. The van der Waals surface area contributed by atoms with Crippen LogP contribution in [-0.2, 0) is 11.4 Å². The van der Waals surface area contributed by atoms with Crippen molar-refractivity contribution >= 4 is 27.7 Å². The summed E-state index contributed by atoms with van der Waals surface area (Å²) in [6, 6.07) is 9.85. The molecular formula is C25H30BrNO7. The van der Waals surface area contributed by atoms with Crippen molar-refractivity contribution < 1.29 is 34.0 Å². The molecule has 2 rings (SSSR count). The summed E-state index contributed by atoms with van der Waals surface area (Å²) in [5.41, 5.74) is 0.124. The molecule has 0 aliphatic heterocycles. The van der Waals surface area contributed by atoms with Crippen molar-refractivity contribution in [1.29, 1.82) is 0 Å². The number of carboxylic acids is 1. The van der Waals surface area contributed by atoms with Gasteiger partial charge in [-0.25, -0.2) is 4.79 Å². The zero-order chi connectivity index (χ0) is 25.5. The number of aliphatic carboxylic acids is 1. The molecule has 2 aromatic carbocycles. The van der Waals surface area contributed by atoms with Crippen molar-refractivity contribution in [3.63, 3.8) is 0 Å². The molecule has 8 nitrogen and oxygen atoms in total. The predicted octanol–water partition coefficient (Wildman–Crippen LogP) is 4.19. The van der Waals surface area contributed by atoms with Gasteiger partial charge in [0.25, 0.3) is 0 Å². The van der Waals surface area contributed by atoms with Gasteiger partial charge in [0.05, 0.1) is 26.9 Å². The highest BCUT2D eigenvalue weighted by atomic mass is 79.9. The van der Waals surface area contributed by atoms with Crippen LogP contribution in [0.2, 0.25) is 0 Å². The molecule has 0 heterocycles. The van der Waals surface area contributed by atoms with Gasteiger partial charge in [0.1, 0.15) is 17.9 Å². The molecule has 0 fully saturated rings. The highest BCUT2D eigenvalue weighted by Crippen LogP contribution is 2.35. The van der Waals surface area contributed by atoms with Gasteiger partial charge in [-0.1, -0.05) is 32.9 Å². The number of hydrogen-bond donors (Lipinski definition) is 3. The summed E-state index contributed by atoms with van der Waals surface area (Å²) in [6.45, 7) is 5.65. The second-order valence-electron chi connectivity index (χ2n) is 8.58. The first kappa shape index (κ1) is 27.2. The number of halogens is 1. The molecule has 0 bridgehead atoms. The predicted molar refractivity (Wildman–Crippen MR) is 132 cm³/mol. The molecule has 1 atom stereocenters. The van der Waals surface area contributed by atoms with Crippen molar-refractivity contribution in [2.24, 2.45) is 5.41 Å². The average molecular weight is 536 g/mol. The van der Waals surface area contributed by atoms with E-state index in [0.717, 1.165) is 11.8 Å². The lowest BCUT2D eigenvalue weighted by Crippen LogP contribution is -2.41. The Morgan fingerprint density at radius 1 is 1.09 bits per heavy atom. The highest BCUT2D eigenvalue weighted by molar-refractivity contribution is 9.10. The van der Waals surface area contributed by atoms with Crippen molar-refractivity contribution in [3.05, 3.63) is 63.8 Å². The zero-order valence-electron chi connectivity index (χ0n) is 19.8. The van der Waals surface area contributed by atoms with Gasteiger partial charge in [-0.05, 0) is 51.2 Å². The van der Waals surface area contributed by atoms with E-state index in [-0.39, 0.29) is 29.9 Å². The lowest BCUT2D eigenvalue weighted by Gasteiger charge is -2.29. The van der Waals surface area contributed by atoms with E-state index >= 15 is 0 Å². The Bertz CT molecular complexity index is 1040. The quantitative estimate of drug-likeness (QED) is 0.170. The Morgan fingerprint density at radius 3 is 2.24 bits per heavy atom. The van der Waals surface area contributed by atoms with Crippen molar-refractivity contribution in [2.45, 2.75) is 33.4 Å². The van der Waals surface area contributed by atoms with E-state index in [1.54, 1.807) is 25.3 Å². The van der Waals surface area contributed by atoms with E-state index < -0.39 is 23.4 Å². The molecule has 34 heavy (non-hydrogen) atoms. The molecule has 0 amide bonds. The molecule has 1 unspecified atom stereocenters. The van der Waals surface area contributed by atoms with Gasteiger partial charge in [-0.3, -0.25) is 4.79 Å². The number of ether oxygens (including phenoxy) is 3. The summed E-state index contributed by atoms with van der Waals surface area (Å²) < 4.78 is 16.8. The van der Waals surface area contributed by atoms with Crippen LogP contribution in [0.3, 0.4) is 0 Å². The fourth-order valence-electron chi connectivity index (χ4n) is 2.99. The fourth-order valence-corrected chi connectivity index (χ4v) is 3.50. The third-order valence-corrected chi connectivity index (χ3v) is 5.84. The number of carbonyl (C=O) groups is 2. The Morgan fingerprint density at radius 2 is 1.74 bits per heavy atom. The smallest absolute Gasteiger partial charge is 0.341 e. The lowest BCUT2D eigenvalue weighted by atomic mass is 9.87. The number of carboxylic acid groups (broad SMARTS) is 1. The Kier molecular flexibility index (Phi) is 9.52. The number of Topliss-reactive ketones (excluding diaryl/α,β-unsaturated/α-hetero) is 1. The summed E-state index contributed by atoms with van der Waals surface area (Å²) in [4.78, 5) is 25.0. The van der Waals surface area contributed by atoms with Crippen LogP contribution in [0, 0.1) is 5.41 Å². The molecule has 0 spiro atoms. The third-order valence-electron chi connectivity index (χ3n) is 5.18. The number of carbonyl (C=O) groups excluding carboxylic acids is 1. The van der Waals surface area contributed by atoms with Crippen LogP contribution in [0.5, 0.6) is 17.2 Å². The van der Waals surface area contributed by atoms with Crippen LogP contribution in [-0.4, -0.2) is 48.8 Å². The third kappa shape index (κ3) is 6.98. The van der Waals surface area contributed by atoms with Crippen LogP contribution in [0.4, 0.5) is 0 Å². The van der Waals surface area contributed by atoms with Crippen LogP contribution in [0.25, 0.3) is 0 Å². The van der Waals surface area contributed by atoms with E-state index in [4.69, 9.17) is 14.2 Å². The number of hydrogen-bond acceptors (Lipinski definition) is 7. The van der Waals surface area contributed by atoms with Gasteiger partial charge in [0, 0.05) is 16.2 Å². The van der Waals surface area contributed by atoms with E-state index in [1.807, 2.05) is 32.9 Å². The minimum absolute atomic E-state index is 0.0947. The fraction of sp³-hybridized carbons (Fsp3) is 0.360. The van der Waals surface area contributed by atoms with Crippen molar-refractivity contribution in [3.8, 4) is 17.2 Å². The molecule has 0 aliphatic rings. The first-order chi connectivity index (χ1) is 16.0. The summed E-state index contributed by atoms with van der Waals surface area (Å²) in [5.74, 6) is -0.746. The minimum atomic E-state index is -1.40. The molecule has 0 aliphatic carbocycles. The van der Waals surface area contributed by atoms with Gasteiger partial charge in [0.15, 0.2) is 11.5 Å². The zero-order valence-corrected chi connectivity index (χ0v) is 21.4. The maximum absolute atomic E-state index is 13.2. The number of rotatable bonds is 11. The van der Waals surface area contributed by atoms with E-state index in [9.17, 15) is 19.8 Å². The molecule has 0 radical (unpaired) electrons. The highest BCUT2D eigenvalue weighted by Gasteiger charge is 2.26. The number of ketones is 1. The maximum Gasteiger partial charge on any atom is 0.341 e. The molecule has 0 saturated carbocycles. The largest absolute Gasteiger partial charge is 0.497 e. The number of methoxy groups -OCH3 is 2. The standard InChI is InChI=1S/C25H30BrNO7/c1-25(2,3)22(13-28)27-12-18(24(30)31)23(29)17-10-21(20(33-5)11-19(17)26)34-14-15-6-8-16(32-4)9-7-15/h6-12,22,27-28H,13-14H2,1-5H3,(H,30,31)/b18-12+.